The van der Waals surface area contributed by atoms with Crippen molar-refractivity contribution < 1.29 is 14.3 Å². The lowest BCUT2D eigenvalue weighted by atomic mass is 10.2. The van der Waals surface area contributed by atoms with E-state index in [1.807, 2.05) is 18.2 Å². The first-order chi connectivity index (χ1) is 9.27. The predicted octanol–water partition coefficient (Wildman–Crippen LogP) is 3.39. The van der Waals surface area contributed by atoms with Crippen LogP contribution in [0.5, 0.6) is 0 Å². The number of hydrogen-bond donors (Lipinski definition) is 0. The van der Waals surface area contributed by atoms with Crippen molar-refractivity contribution >= 4 is 17.7 Å². The van der Waals surface area contributed by atoms with Crippen LogP contribution < -0.4 is 0 Å². The van der Waals surface area contributed by atoms with Crippen LogP contribution >= 0.6 is 11.8 Å². The molecule has 0 amide bonds. The van der Waals surface area contributed by atoms with Crippen LogP contribution in [0.1, 0.15) is 30.1 Å². The van der Waals surface area contributed by atoms with Crippen LogP contribution in [0.3, 0.4) is 0 Å². The standard InChI is InChI=1S/C15H22O3S/c1-3-4-10-19-12-14(11-17-2)18-15(16)13-8-6-5-7-9-13/h5-9,14H,3-4,10-12H2,1-2H3/t14-/m1/s1. The van der Waals surface area contributed by atoms with Crippen LogP contribution in [-0.2, 0) is 9.47 Å². The molecule has 0 spiro atoms. The van der Waals surface area contributed by atoms with E-state index in [1.165, 1.54) is 12.8 Å². The van der Waals surface area contributed by atoms with Crippen LogP contribution in [0.2, 0.25) is 0 Å². The lowest BCUT2D eigenvalue weighted by molar-refractivity contribution is 0.0135. The fraction of sp³-hybridized carbons (Fsp3) is 0.533. The number of methoxy groups -OCH3 is 1. The SMILES string of the molecule is CCCCSC[C@@H](COC)OC(=O)c1ccccc1. The van der Waals surface area contributed by atoms with Gasteiger partial charge in [0.15, 0.2) is 0 Å². The summed E-state index contributed by atoms with van der Waals surface area (Å²) in [6, 6.07) is 9.06. The Morgan fingerprint density at radius 3 is 2.68 bits per heavy atom. The highest BCUT2D eigenvalue weighted by Crippen LogP contribution is 2.11. The van der Waals surface area contributed by atoms with Crippen molar-refractivity contribution in [3.63, 3.8) is 0 Å². The van der Waals surface area contributed by atoms with Crippen LogP contribution in [0.25, 0.3) is 0 Å². The van der Waals surface area contributed by atoms with Gasteiger partial charge in [0, 0.05) is 12.9 Å². The van der Waals surface area contributed by atoms with E-state index in [0.29, 0.717) is 12.2 Å². The monoisotopic (exact) mass is 282 g/mol. The molecule has 0 bridgehead atoms. The van der Waals surface area contributed by atoms with Crippen LogP contribution in [0.15, 0.2) is 30.3 Å². The summed E-state index contributed by atoms with van der Waals surface area (Å²) < 4.78 is 10.6. The first kappa shape index (κ1) is 16.1. The normalized spacial score (nSPS) is 12.1. The Labute approximate surface area is 119 Å². The van der Waals surface area contributed by atoms with E-state index >= 15 is 0 Å². The van der Waals surface area contributed by atoms with E-state index in [-0.39, 0.29) is 12.1 Å². The third-order valence-electron chi connectivity index (χ3n) is 2.58. The number of thioether (sulfide) groups is 1. The molecule has 1 rings (SSSR count). The summed E-state index contributed by atoms with van der Waals surface area (Å²) in [6.45, 7) is 2.61. The number of rotatable bonds is 9. The molecule has 1 aromatic carbocycles. The summed E-state index contributed by atoms with van der Waals surface area (Å²) in [5.74, 6) is 1.60. The van der Waals surface area contributed by atoms with E-state index < -0.39 is 0 Å². The second-order valence-corrected chi connectivity index (χ2v) is 5.43. The maximum Gasteiger partial charge on any atom is 0.338 e. The van der Waals surface area contributed by atoms with Gasteiger partial charge in [-0.15, -0.1) is 0 Å². The Morgan fingerprint density at radius 2 is 2.05 bits per heavy atom. The number of carbonyl (C=O) groups excluding carboxylic acids is 1. The molecule has 0 unspecified atom stereocenters. The lowest BCUT2D eigenvalue weighted by Gasteiger charge is -2.16. The molecule has 0 radical (unpaired) electrons. The fourth-order valence-electron chi connectivity index (χ4n) is 1.56. The van der Waals surface area contributed by atoms with Gasteiger partial charge in [-0.2, -0.15) is 11.8 Å². The Morgan fingerprint density at radius 1 is 1.32 bits per heavy atom. The minimum absolute atomic E-state index is 0.181. The summed E-state index contributed by atoms with van der Waals surface area (Å²) in [5.41, 5.74) is 0.585. The van der Waals surface area contributed by atoms with Crippen molar-refractivity contribution in [2.75, 3.05) is 25.2 Å². The molecule has 1 atom stereocenters. The lowest BCUT2D eigenvalue weighted by Crippen LogP contribution is -2.25. The third kappa shape index (κ3) is 6.64. The fourth-order valence-corrected chi connectivity index (χ4v) is 2.64. The van der Waals surface area contributed by atoms with Crippen molar-refractivity contribution in [1.82, 2.24) is 0 Å². The van der Waals surface area contributed by atoms with Crippen molar-refractivity contribution in [1.29, 1.82) is 0 Å². The quantitative estimate of drug-likeness (QED) is 0.514. The molecule has 3 nitrogen and oxygen atoms in total. The molecule has 0 heterocycles. The van der Waals surface area contributed by atoms with Crippen LogP contribution in [0.4, 0.5) is 0 Å². The van der Waals surface area contributed by atoms with Gasteiger partial charge in [0.2, 0.25) is 0 Å². The molecule has 0 aliphatic rings. The van der Waals surface area contributed by atoms with Gasteiger partial charge in [-0.1, -0.05) is 31.5 Å². The first-order valence-electron chi connectivity index (χ1n) is 6.60. The van der Waals surface area contributed by atoms with Gasteiger partial charge in [0.25, 0.3) is 0 Å². The highest BCUT2D eigenvalue weighted by atomic mass is 32.2. The number of unbranched alkanes of at least 4 members (excludes halogenated alkanes) is 1. The van der Waals surface area contributed by atoms with Crippen LogP contribution in [-0.4, -0.2) is 37.3 Å². The molecule has 1 aromatic rings. The van der Waals surface area contributed by atoms with Gasteiger partial charge in [0.05, 0.1) is 12.2 Å². The Kier molecular flexibility index (Phi) is 8.34. The third-order valence-corrected chi connectivity index (χ3v) is 3.77. The average Bonchev–Trinajstić information content (AvgIpc) is 2.44. The number of ether oxygens (including phenoxy) is 2. The maximum absolute atomic E-state index is 11.9. The zero-order valence-corrected chi connectivity index (χ0v) is 12.4. The largest absolute Gasteiger partial charge is 0.455 e. The smallest absolute Gasteiger partial charge is 0.338 e. The van der Waals surface area contributed by atoms with E-state index in [9.17, 15) is 4.79 Å². The minimum Gasteiger partial charge on any atom is -0.455 e. The number of carbonyl (C=O) groups is 1. The Hall–Kier alpha value is -1.00. The van der Waals surface area contributed by atoms with E-state index in [4.69, 9.17) is 9.47 Å². The maximum atomic E-state index is 11.9. The number of esters is 1. The zero-order chi connectivity index (χ0) is 13.9. The highest BCUT2D eigenvalue weighted by molar-refractivity contribution is 7.99. The average molecular weight is 282 g/mol. The summed E-state index contributed by atoms with van der Waals surface area (Å²) in [5, 5.41) is 0. The number of hydrogen-bond acceptors (Lipinski definition) is 4. The molecule has 0 saturated heterocycles. The molecule has 0 aromatic heterocycles. The molecular weight excluding hydrogens is 260 g/mol. The molecule has 0 aliphatic carbocycles. The minimum atomic E-state index is -0.279. The highest BCUT2D eigenvalue weighted by Gasteiger charge is 2.15. The first-order valence-corrected chi connectivity index (χ1v) is 7.76. The van der Waals surface area contributed by atoms with Gasteiger partial charge in [0.1, 0.15) is 6.10 Å². The van der Waals surface area contributed by atoms with Crippen molar-refractivity contribution in [2.45, 2.75) is 25.9 Å². The molecule has 19 heavy (non-hydrogen) atoms. The van der Waals surface area contributed by atoms with Gasteiger partial charge in [-0.25, -0.2) is 4.79 Å². The number of benzene rings is 1. The molecule has 106 valence electrons. The zero-order valence-electron chi connectivity index (χ0n) is 11.6. The molecule has 4 heteroatoms. The topological polar surface area (TPSA) is 35.5 Å². The van der Waals surface area contributed by atoms with Gasteiger partial charge in [-0.3, -0.25) is 0 Å². The molecule has 0 saturated carbocycles. The van der Waals surface area contributed by atoms with Crippen molar-refractivity contribution in [3.05, 3.63) is 35.9 Å². The summed E-state index contributed by atoms with van der Waals surface area (Å²) >= 11 is 1.81. The van der Waals surface area contributed by atoms with Gasteiger partial charge >= 0.3 is 5.97 Å². The molecular formula is C15H22O3S. The predicted molar refractivity (Wildman–Crippen MR) is 79.8 cm³/mol. The summed E-state index contributed by atoms with van der Waals surface area (Å²) in [6.07, 6.45) is 2.20. The van der Waals surface area contributed by atoms with E-state index in [1.54, 1.807) is 31.0 Å². The van der Waals surface area contributed by atoms with Gasteiger partial charge in [-0.05, 0) is 24.3 Å². The second kappa shape index (κ2) is 9.87. The summed E-state index contributed by atoms with van der Waals surface area (Å²) in [7, 11) is 1.63. The van der Waals surface area contributed by atoms with E-state index in [0.717, 1.165) is 11.5 Å². The molecule has 0 aliphatic heterocycles. The second-order valence-electron chi connectivity index (χ2n) is 4.28. The molecule has 0 fully saturated rings. The Balaban J connectivity index is 2.41. The van der Waals surface area contributed by atoms with E-state index in [2.05, 4.69) is 6.92 Å². The van der Waals surface area contributed by atoms with Gasteiger partial charge < -0.3 is 9.47 Å². The van der Waals surface area contributed by atoms with Crippen molar-refractivity contribution in [3.8, 4) is 0 Å². The van der Waals surface area contributed by atoms with Crippen molar-refractivity contribution in [2.24, 2.45) is 0 Å². The van der Waals surface area contributed by atoms with Crippen LogP contribution in [0, 0.1) is 0 Å². The molecule has 0 N–H and O–H groups in total. The summed E-state index contributed by atoms with van der Waals surface area (Å²) in [4.78, 5) is 11.9. The Bertz CT molecular complexity index is 354.